The number of primary sulfonamides is 1. The Morgan fingerprint density at radius 1 is 1.28 bits per heavy atom. The lowest BCUT2D eigenvalue weighted by atomic mass is 10.2. The zero-order valence-corrected chi connectivity index (χ0v) is 10.8. The fourth-order valence-corrected chi connectivity index (χ4v) is 2.72. The monoisotopic (exact) mass is 297 g/mol. The highest BCUT2D eigenvalue weighted by Crippen LogP contribution is 2.31. The van der Waals surface area contributed by atoms with Crippen molar-refractivity contribution in [1.82, 2.24) is 0 Å². The van der Waals surface area contributed by atoms with Crippen molar-refractivity contribution in [1.29, 1.82) is 0 Å². The van der Waals surface area contributed by atoms with Gasteiger partial charge in [-0.15, -0.1) is 0 Å². The summed E-state index contributed by atoms with van der Waals surface area (Å²) in [5, 5.41) is 13.9. The topological polar surface area (TPSA) is 144 Å². The summed E-state index contributed by atoms with van der Waals surface area (Å²) in [7, 11) is -7.79. The Kier molecular flexibility index (Phi) is 3.98. The number of hydrogen-bond donors (Lipinski definition) is 3. The number of ether oxygens (including phenoxy) is 1. The van der Waals surface area contributed by atoms with Crippen molar-refractivity contribution < 1.29 is 31.2 Å². The standard InChI is InChI=1S/C8H11NO7S2/c1-16-8-5(4-10)2-6(17(9,11)12)3-7(8)18(13,14)15/h2-3,10H,4H2,1H3,(H2,9,11,12)(H,13,14,15). The van der Waals surface area contributed by atoms with Gasteiger partial charge in [0.1, 0.15) is 10.6 Å². The number of aliphatic hydroxyl groups is 1. The molecule has 10 heteroatoms. The lowest BCUT2D eigenvalue weighted by molar-refractivity contribution is 0.271. The van der Waals surface area contributed by atoms with Crippen LogP contribution in [-0.2, 0) is 26.7 Å². The number of benzene rings is 1. The van der Waals surface area contributed by atoms with Gasteiger partial charge in [-0.05, 0) is 12.1 Å². The van der Waals surface area contributed by atoms with Crippen LogP contribution in [0.5, 0.6) is 5.75 Å². The molecule has 0 amide bonds. The molecule has 0 bridgehead atoms. The van der Waals surface area contributed by atoms with E-state index in [0.717, 1.165) is 13.2 Å². The fourth-order valence-electron chi connectivity index (χ4n) is 1.34. The van der Waals surface area contributed by atoms with E-state index in [9.17, 15) is 16.8 Å². The molecule has 0 saturated carbocycles. The van der Waals surface area contributed by atoms with E-state index < -0.39 is 36.5 Å². The van der Waals surface area contributed by atoms with Gasteiger partial charge in [-0.2, -0.15) is 8.42 Å². The van der Waals surface area contributed by atoms with E-state index in [1.165, 1.54) is 0 Å². The maximum atomic E-state index is 11.2. The second kappa shape index (κ2) is 4.82. The van der Waals surface area contributed by atoms with E-state index in [4.69, 9.17) is 19.5 Å². The van der Waals surface area contributed by atoms with E-state index in [-0.39, 0.29) is 11.3 Å². The van der Waals surface area contributed by atoms with Gasteiger partial charge in [0.15, 0.2) is 0 Å². The zero-order valence-electron chi connectivity index (χ0n) is 9.19. The Bertz CT molecular complexity index is 663. The van der Waals surface area contributed by atoms with Crippen LogP contribution in [0, 0.1) is 0 Å². The molecule has 0 aliphatic carbocycles. The van der Waals surface area contributed by atoms with Crippen molar-refractivity contribution in [2.75, 3.05) is 7.11 Å². The van der Waals surface area contributed by atoms with Crippen molar-refractivity contribution in [3.8, 4) is 5.75 Å². The minimum Gasteiger partial charge on any atom is -0.495 e. The molecule has 1 aromatic carbocycles. The van der Waals surface area contributed by atoms with Crippen LogP contribution in [0.3, 0.4) is 0 Å². The molecule has 0 aliphatic rings. The smallest absolute Gasteiger partial charge is 0.298 e. The molecule has 1 rings (SSSR count). The number of nitrogens with two attached hydrogens (primary N) is 1. The second-order valence-electron chi connectivity index (χ2n) is 3.29. The van der Waals surface area contributed by atoms with Crippen molar-refractivity contribution in [2.24, 2.45) is 5.14 Å². The molecular formula is C8H11NO7S2. The minimum absolute atomic E-state index is 0.128. The first kappa shape index (κ1) is 14.9. The summed E-state index contributed by atoms with van der Waals surface area (Å²) in [6.07, 6.45) is 0. The lowest BCUT2D eigenvalue weighted by Crippen LogP contribution is -2.14. The van der Waals surface area contributed by atoms with Crippen molar-refractivity contribution >= 4 is 20.1 Å². The highest BCUT2D eigenvalue weighted by atomic mass is 32.2. The average Bonchev–Trinajstić information content (AvgIpc) is 2.24. The largest absolute Gasteiger partial charge is 0.495 e. The van der Waals surface area contributed by atoms with Crippen LogP contribution in [0.4, 0.5) is 0 Å². The summed E-state index contributed by atoms with van der Waals surface area (Å²) >= 11 is 0. The normalized spacial score (nSPS) is 12.4. The van der Waals surface area contributed by atoms with Gasteiger partial charge in [-0.1, -0.05) is 0 Å². The Hall–Kier alpha value is -1.20. The average molecular weight is 297 g/mol. The van der Waals surface area contributed by atoms with E-state index in [2.05, 4.69) is 0 Å². The van der Waals surface area contributed by atoms with Crippen molar-refractivity contribution in [3.05, 3.63) is 17.7 Å². The molecule has 102 valence electrons. The van der Waals surface area contributed by atoms with Crippen molar-refractivity contribution in [2.45, 2.75) is 16.4 Å². The molecular weight excluding hydrogens is 286 g/mol. The second-order valence-corrected chi connectivity index (χ2v) is 6.24. The van der Waals surface area contributed by atoms with Crippen LogP contribution in [0.25, 0.3) is 0 Å². The van der Waals surface area contributed by atoms with Crippen LogP contribution in [0.15, 0.2) is 21.9 Å². The molecule has 0 aliphatic heterocycles. The molecule has 1 aromatic rings. The van der Waals surface area contributed by atoms with Crippen molar-refractivity contribution in [3.63, 3.8) is 0 Å². The zero-order chi connectivity index (χ0) is 14.1. The molecule has 0 fully saturated rings. The molecule has 0 aromatic heterocycles. The summed E-state index contributed by atoms with van der Waals surface area (Å²) in [6, 6.07) is 1.62. The molecule has 4 N–H and O–H groups in total. The number of sulfonamides is 1. The van der Waals surface area contributed by atoms with Gasteiger partial charge < -0.3 is 9.84 Å². The maximum absolute atomic E-state index is 11.2. The van der Waals surface area contributed by atoms with Gasteiger partial charge in [-0.25, -0.2) is 13.6 Å². The third kappa shape index (κ3) is 2.97. The third-order valence-corrected chi connectivity index (χ3v) is 3.84. The fraction of sp³-hybridized carbons (Fsp3) is 0.250. The van der Waals surface area contributed by atoms with Crippen LogP contribution in [0.1, 0.15) is 5.56 Å². The quantitative estimate of drug-likeness (QED) is 0.609. The molecule has 0 saturated heterocycles. The van der Waals surface area contributed by atoms with Gasteiger partial charge in [0, 0.05) is 5.56 Å². The Morgan fingerprint density at radius 3 is 2.17 bits per heavy atom. The first-order valence-electron chi connectivity index (χ1n) is 4.43. The Balaban J connectivity index is 3.79. The first-order valence-corrected chi connectivity index (χ1v) is 7.42. The van der Waals surface area contributed by atoms with Gasteiger partial charge in [0.2, 0.25) is 10.0 Å². The van der Waals surface area contributed by atoms with Gasteiger partial charge in [-0.3, -0.25) is 4.55 Å². The molecule has 0 radical (unpaired) electrons. The number of hydrogen-bond acceptors (Lipinski definition) is 6. The lowest BCUT2D eigenvalue weighted by Gasteiger charge is -2.12. The highest BCUT2D eigenvalue weighted by Gasteiger charge is 2.23. The Morgan fingerprint density at radius 2 is 1.83 bits per heavy atom. The van der Waals surface area contributed by atoms with Crippen LogP contribution in [-0.4, -0.2) is 33.6 Å². The summed E-state index contributed by atoms with van der Waals surface area (Å²) in [6.45, 7) is -0.685. The number of aliphatic hydroxyl groups excluding tert-OH is 1. The minimum atomic E-state index is -4.72. The summed E-state index contributed by atoms with van der Waals surface area (Å²) in [4.78, 5) is -1.33. The maximum Gasteiger partial charge on any atom is 0.298 e. The molecule has 8 nitrogen and oxygen atoms in total. The number of methoxy groups -OCH3 is 1. The van der Waals surface area contributed by atoms with Crippen LogP contribution < -0.4 is 9.88 Å². The Labute approximate surface area is 104 Å². The SMILES string of the molecule is COc1c(CO)cc(S(N)(=O)=O)cc1S(=O)(=O)O. The molecule has 0 atom stereocenters. The summed E-state index contributed by atoms with van der Waals surface area (Å²) in [5.41, 5.74) is -0.128. The molecule has 0 unspecified atom stereocenters. The predicted molar refractivity (Wildman–Crippen MR) is 60.1 cm³/mol. The van der Waals surface area contributed by atoms with E-state index >= 15 is 0 Å². The van der Waals surface area contributed by atoms with E-state index in [1.54, 1.807) is 0 Å². The number of rotatable bonds is 4. The predicted octanol–water partition coefficient (Wildman–Crippen LogP) is -0.918. The van der Waals surface area contributed by atoms with Gasteiger partial charge in [0.05, 0.1) is 18.6 Å². The van der Waals surface area contributed by atoms with Crippen LogP contribution in [0.2, 0.25) is 0 Å². The van der Waals surface area contributed by atoms with Crippen LogP contribution >= 0.6 is 0 Å². The van der Waals surface area contributed by atoms with E-state index in [1.807, 2.05) is 0 Å². The summed E-state index contributed by atoms with van der Waals surface area (Å²) < 4.78 is 58.3. The molecule has 0 spiro atoms. The van der Waals surface area contributed by atoms with E-state index in [0.29, 0.717) is 6.07 Å². The molecule has 18 heavy (non-hydrogen) atoms. The third-order valence-electron chi connectivity index (χ3n) is 2.09. The molecule has 0 heterocycles. The van der Waals surface area contributed by atoms with Gasteiger partial charge >= 0.3 is 0 Å². The first-order chi connectivity index (χ1) is 8.11. The summed E-state index contributed by atoms with van der Waals surface area (Å²) in [5.74, 6) is -0.340. The highest BCUT2D eigenvalue weighted by molar-refractivity contribution is 7.89. The van der Waals surface area contributed by atoms with Gasteiger partial charge in [0.25, 0.3) is 10.1 Å².